The van der Waals surface area contributed by atoms with Gasteiger partial charge in [0.15, 0.2) is 11.5 Å². The van der Waals surface area contributed by atoms with Crippen molar-refractivity contribution in [3.05, 3.63) is 21.9 Å². The Morgan fingerprint density at radius 2 is 2.27 bits per heavy atom. The standard InChI is InChI=1S/C9H11BrFNO3/c1-15-6-2-4(10)8(11)7(9(6)14)5(12)3-13/h2,5,13-14H,3,12H2,1H3/t5-/m1/s1. The molecule has 0 fully saturated rings. The minimum absolute atomic E-state index is 0.0992. The van der Waals surface area contributed by atoms with Gasteiger partial charge in [-0.15, -0.1) is 0 Å². The van der Waals surface area contributed by atoms with E-state index in [1.807, 2.05) is 0 Å². The molecule has 0 heterocycles. The molecule has 0 saturated carbocycles. The smallest absolute Gasteiger partial charge is 0.165 e. The van der Waals surface area contributed by atoms with Crippen molar-refractivity contribution in [3.8, 4) is 11.5 Å². The first kappa shape index (κ1) is 12.2. The highest BCUT2D eigenvalue weighted by Crippen LogP contribution is 2.38. The molecule has 0 saturated heterocycles. The van der Waals surface area contributed by atoms with Gasteiger partial charge in [-0.05, 0) is 15.9 Å². The molecule has 0 aliphatic heterocycles. The number of aliphatic hydroxyl groups excluding tert-OH is 1. The van der Waals surface area contributed by atoms with Crippen LogP contribution in [0.5, 0.6) is 11.5 Å². The number of phenolic OH excluding ortho intramolecular Hbond substituents is 1. The molecule has 0 amide bonds. The van der Waals surface area contributed by atoms with Gasteiger partial charge in [-0.1, -0.05) is 0 Å². The van der Waals surface area contributed by atoms with Crippen LogP contribution in [0.2, 0.25) is 0 Å². The van der Waals surface area contributed by atoms with Crippen LogP contribution in [0, 0.1) is 5.82 Å². The van der Waals surface area contributed by atoms with Gasteiger partial charge >= 0.3 is 0 Å². The molecule has 84 valence electrons. The predicted molar refractivity (Wildman–Crippen MR) is 56.3 cm³/mol. The summed E-state index contributed by atoms with van der Waals surface area (Å²) in [5.41, 5.74) is 5.30. The van der Waals surface area contributed by atoms with E-state index in [9.17, 15) is 9.50 Å². The molecule has 6 heteroatoms. The van der Waals surface area contributed by atoms with Crippen LogP contribution in [0.15, 0.2) is 10.5 Å². The zero-order chi connectivity index (χ0) is 11.6. The van der Waals surface area contributed by atoms with Gasteiger partial charge in [0.1, 0.15) is 5.82 Å². The monoisotopic (exact) mass is 279 g/mol. The fourth-order valence-electron chi connectivity index (χ4n) is 1.20. The van der Waals surface area contributed by atoms with E-state index < -0.39 is 18.5 Å². The molecular weight excluding hydrogens is 269 g/mol. The molecule has 0 aliphatic carbocycles. The van der Waals surface area contributed by atoms with E-state index in [2.05, 4.69) is 15.9 Å². The van der Waals surface area contributed by atoms with Gasteiger partial charge in [0.05, 0.1) is 29.8 Å². The van der Waals surface area contributed by atoms with Crippen molar-refractivity contribution < 1.29 is 19.3 Å². The lowest BCUT2D eigenvalue weighted by atomic mass is 10.1. The van der Waals surface area contributed by atoms with Crippen molar-refractivity contribution in [2.45, 2.75) is 6.04 Å². The number of benzene rings is 1. The van der Waals surface area contributed by atoms with Crippen LogP contribution < -0.4 is 10.5 Å². The number of aliphatic hydroxyl groups is 1. The Morgan fingerprint density at radius 1 is 1.67 bits per heavy atom. The number of methoxy groups -OCH3 is 1. The van der Waals surface area contributed by atoms with Gasteiger partial charge in [0.2, 0.25) is 0 Å². The zero-order valence-corrected chi connectivity index (χ0v) is 9.58. The van der Waals surface area contributed by atoms with Gasteiger partial charge in [-0.3, -0.25) is 0 Å². The van der Waals surface area contributed by atoms with Gasteiger partial charge in [-0.25, -0.2) is 4.39 Å². The molecule has 0 unspecified atom stereocenters. The molecule has 0 bridgehead atoms. The molecule has 0 spiro atoms. The molecule has 0 aliphatic rings. The minimum atomic E-state index is -0.989. The average molecular weight is 280 g/mol. The maximum atomic E-state index is 13.6. The van der Waals surface area contributed by atoms with Crippen molar-refractivity contribution in [2.24, 2.45) is 5.73 Å². The van der Waals surface area contributed by atoms with Crippen molar-refractivity contribution in [1.29, 1.82) is 0 Å². The third-order valence-electron chi connectivity index (χ3n) is 1.98. The molecule has 15 heavy (non-hydrogen) atoms. The largest absolute Gasteiger partial charge is 0.504 e. The van der Waals surface area contributed by atoms with E-state index in [0.29, 0.717) is 0 Å². The number of phenols is 1. The third-order valence-corrected chi connectivity index (χ3v) is 2.56. The van der Waals surface area contributed by atoms with Crippen LogP contribution in [-0.4, -0.2) is 23.9 Å². The Balaban J connectivity index is 3.40. The number of rotatable bonds is 3. The second-order valence-electron chi connectivity index (χ2n) is 2.93. The summed E-state index contributed by atoms with van der Waals surface area (Å²) in [6.45, 7) is -0.468. The number of hydrogen-bond donors (Lipinski definition) is 3. The van der Waals surface area contributed by atoms with Crippen molar-refractivity contribution in [3.63, 3.8) is 0 Å². The second-order valence-corrected chi connectivity index (χ2v) is 3.78. The lowest BCUT2D eigenvalue weighted by Gasteiger charge is -2.15. The first-order chi connectivity index (χ1) is 7.02. The highest BCUT2D eigenvalue weighted by atomic mass is 79.9. The summed E-state index contributed by atoms with van der Waals surface area (Å²) in [7, 11) is 1.34. The van der Waals surface area contributed by atoms with Crippen LogP contribution >= 0.6 is 15.9 Å². The predicted octanol–water partition coefficient (Wildman–Crippen LogP) is 1.29. The summed E-state index contributed by atoms with van der Waals surface area (Å²) in [6, 6.07) is 0.300. The summed E-state index contributed by atoms with van der Waals surface area (Å²) < 4.78 is 18.5. The summed E-state index contributed by atoms with van der Waals surface area (Å²) in [5.74, 6) is -0.989. The lowest BCUT2D eigenvalue weighted by Crippen LogP contribution is -2.16. The highest BCUT2D eigenvalue weighted by molar-refractivity contribution is 9.10. The van der Waals surface area contributed by atoms with E-state index in [1.165, 1.54) is 13.2 Å². The summed E-state index contributed by atoms with van der Waals surface area (Å²) in [4.78, 5) is 0. The Morgan fingerprint density at radius 3 is 2.73 bits per heavy atom. The maximum Gasteiger partial charge on any atom is 0.165 e. The first-order valence-corrected chi connectivity index (χ1v) is 4.93. The van der Waals surface area contributed by atoms with E-state index >= 15 is 0 Å². The zero-order valence-electron chi connectivity index (χ0n) is 8.00. The van der Waals surface area contributed by atoms with Crippen LogP contribution in [0.4, 0.5) is 4.39 Å². The first-order valence-electron chi connectivity index (χ1n) is 4.14. The van der Waals surface area contributed by atoms with Crippen LogP contribution in [0.25, 0.3) is 0 Å². The van der Waals surface area contributed by atoms with E-state index in [1.54, 1.807) is 0 Å². The molecule has 0 radical (unpaired) electrons. The van der Waals surface area contributed by atoms with E-state index in [4.69, 9.17) is 15.6 Å². The van der Waals surface area contributed by atoms with Crippen molar-refractivity contribution in [1.82, 2.24) is 0 Å². The topological polar surface area (TPSA) is 75.7 Å². The number of hydrogen-bond acceptors (Lipinski definition) is 4. The lowest BCUT2D eigenvalue weighted by molar-refractivity contribution is 0.260. The van der Waals surface area contributed by atoms with Crippen LogP contribution in [0.3, 0.4) is 0 Å². The van der Waals surface area contributed by atoms with Gasteiger partial charge in [0, 0.05) is 6.07 Å². The van der Waals surface area contributed by atoms with Crippen LogP contribution in [0.1, 0.15) is 11.6 Å². The van der Waals surface area contributed by atoms with Crippen molar-refractivity contribution in [2.75, 3.05) is 13.7 Å². The Labute approximate surface area is 94.6 Å². The molecule has 1 aromatic carbocycles. The van der Waals surface area contributed by atoms with Gasteiger partial charge < -0.3 is 20.7 Å². The summed E-state index contributed by atoms with van der Waals surface area (Å²) in [6.07, 6.45) is 0. The SMILES string of the molecule is COc1cc(Br)c(F)c([C@H](N)CO)c1O. The molecule has 1 rings (SSSR count). The molecule has 4 nitrogen and oxygen atoms in total. The Hall–Kier alpha value is -0.850. The van der Waals surface area contributed by atoms with Crippen LogP contribution in [-0.2, 0) is 0 Å². The minimum Gasteiger partial charge on any atom is -0.504 e. The average Bonchev–Trinajstić information content (AvgIpc) is 2.23. The number of ether oxygens (including phenoxy) is 1. The maximum absolute atomic E-state index is 13.6. The second kappa shape index (κ2) is 4.78. The summed E-state index contributed by atoms with van der Waals surface area (Å²) >= 11 is 2.97. The van der Waals surface area contributed by atoms with Gasteiger partial charge in [0.25, 0.3) is 0 Å². The Bertz CT molecular complexity index is 373. The molecule has 4 N–H and O–H groups in total. The summed E-state index contributed by atoms with van der Waals surface area (Å²) in [5, 5.41) is 18.5. The molecule has 0 aromatic heterocycles. The Kier molecular flexibility index (Phi) is 3.90. The van der Waals surface area contributed by atoms with E-state index in [-0.39, 0.29) is 21.5 Å². The molecule has 1 atom stereocenters. The fourth-order valence-corrected chi connectivity index (χ4v) is 1.62. The highest BCUT2D eigenvalue weighted by Gasteiger charge is 2.21. The van der Waals surface area contributed by atoms with E-state index in [0.717, 1.165) is 0 Å². The van der Waals surface area contributed by atoms with Gasteiger partial charge in [-0.2, -0.15) is 0 Å². The number of aromatic hydroxyl groups is 1. The third kappa shape index (κ3) is 2.22. The molecular formula is C9H11BrFNO3. The number of halogens is 2. The fraction of sp³-hybridized carbons (Fsp3) is 0.333. The normalized spacial score (nSPS) is 12.6. The number of nitrogens with two attached hydrogens (primary N) is 1. The quantitative estimate of drug-likeness (QED) is 0.780. The van der Waals surface area contributed by atoms with Crippen molar-refractivity contribution >= 4 is 15.9 Å². The molecule has 1 aromatic rings.